The van der Waals surface area contributed by atoms with Gasteiger partial charge in [0.2, 0.25) is 11.8 Å². The molecule has 0 amide bonds. The fraction of sp³-hybridized carbons (Fsp3) is 0.200. The molecule has 3 aromatic heterocycles. The van der Waals surface area contributed by atoms with Gasteiger partial charge in [0.25, 0.3) is 0 Å². The zero-order valence-electron chi connectivity index (χ0n) is 12.1. The predicted octanol–water partition coefficient (Wildman–Crippen LogP) is 3.54. The summed E-state index contributed by atoms with van der Waals surface area (Å²) in [5.41, 5.74) is 2.07. The Kier molecular flexibility index (Phi) is 5.73. The van der Waals surface area contributed by atoms with Crippen molar-refractivity contribution in [2.45, 2.75) is 13.0 Å². The molecule has 3 heterocycles. The summed E-state index contributed by atoms with van der Waals surface area (Å²) in [6, 6.07) is 5.89. The number of pyridine rings is 1. The number of nitrogens with one attached hydrogen (secondary N) is 1. The number of nitrogens with zero attached hydrogens (tertiary/aromatic N) is 3. The van der Waals surface area contributed by atoms with Crippen molar-refractivity contribution in [3.8, 4) is 11.5 Å². The highest BCUT2D eigenvalue weighted by atomic mass is 32.2. The first-order valence-electron chi connectivity index (χ1n) is 6.96. The molecule has 0 aromatic carbocycles. The molecule has 8 heteroatoms. The van der Waals surface area contributed by atoms with Crippen molar-refractivity contribution in [2.24, 2.45) is 0 Å². The lowest BCUT2D eigenvalue weighted by atomic mass is 10.3. The molecule has 0 saturated heterocycles. The normalized spacial score (nSPS) is 10.6. The Bertz CT molecular complexity index is 743. The van der Waals surface area contributed by atoms with Gasteiger partial charge in [-0.05, 0) is 23.1 Å². The fourth-order valence-electron chi connectivity index (χ4n) is 1.82. The second kappa shape index (κ2) is 8.19. The van der Waals surface area contributed by atoms with Crippen LogP contribution in [0.15, 0.2) is 45.8 Å². The third-order valence-electron chi connectivity index (χ3n) is 2.94. The first-order chi connectivity index (χ1) is 11.3. The molecular weight excluding hydrogens is 348 g/mol. The maximum atomic E-state index is 5.64. The first-order valence-corrected chi connectivity index (χ1v) is 9.29. The van der Waals surface area contributed by atoms with Gasteiger partial charge in [0.05, 0.1) is 0 Å². The van der Waals surface area contributed by atoms with Gasteiger partial charge in [-0.2, -0.15) is 11.3 Å². The smallest absolute Gasteiger partial charge is 0.248 e. The van der Waals surface area contributed by atoms with Crippen molar-refractivity contribution in [3.63, 3.8) is 0 Å². The molecule has 0 aliphatic heterocycles. The number of thiophene rings is 1. The Morgan fingerprint density at radius 2 is 2.30 bits per heavy atom. The Labute approximate surface area is 147 Å². The molecule has 0 radical (unpaired) electrons. The van der Waals surface area contributed by atoms with Crippen LogP contribution >= 0.6 is 35.3 Å². The van der Waals surface area contributed by atoms with Crippen LogP contribution in [0.4, 0.5) is 0 Å². The summed E-state index contributed by atoms with van der Waals surface area (Å²) >= 11 is 8.48. The molecule has 1 N–H and O–H groups in total. The number of aromatic nitrogens is 3. The highest BCUT2D eigenvalue weighted by molar-refractivity contribution is 8.22. The van der Waals surface area contributed by atoms with Crippen LogP contribution in [0.1, 0.15) is 11.5 Å². The second-order valence-electron chi connectivity index (χ2n) is 4.61. The molecule has 0 aliphatic carbocycles. The molecule has 0 fully saturated rings. The number of aryl methyl sites for hydroxylation is 1. The number of hydrogen-bond acceptors (Lipinski definition) is 7. The van der Waals surface area contributed by atoms with Gasteiger partial charge in [-0.1, -0.05) is 30.0 Å². The molecule has 0 spiro atoms. The monoisotopic (exact) mass is 362 g/mol. The largest absolute Gasteiger partial charge is 0.421 e. The molecule has 3 rings (SSSR count). The van der Waals surface area contributed by atoms with E-state index in [2.05, 4.69) is 20.5 Å². The van der Waals surface area contributed by atoms with Crippen LogP contribution in [-0.2, 0) is 13.0 Å². The van der Waals surface area contributed by atoms with Gasteiger partial charge in [0.15, 0.2) is 0 Å². The lowest BCUT2D eigenvalue weighted by molar-refractivity contribution is 0.514. The van der Waals surface area contributed by atoms with E-state index in [4.69, 9.17) is 16.6 Å². The highest BCUT2D eigenvalue weighted by Crippen LogP contribution is 2.21. The van der Waals surface area contributed by atoms with Crippen molar-refractivity contribution < 1.29 is 4.42 Å². The molecule has 0 bridgehead atoms. The average molecular weight is 363 g/mol. The van der Waals surface area contributed by atoms with E-state index < -0.39 is 0 Å². The topological polar surface area (TPSA) is 63.8 Å². The molecule has 0 aliphatic rings. The van der Waals surface area contributed by atoms with Crippen LogP contribution in [0.25, 0.3) is 11.5 Å². The molecule has 118 valence electrons. The minimum absolute atomic E-state index is 0.573. The molecule has 5 nitrogen and oxygen atoms in total. The third kappa shape index (κ3) is 4.85. The maximum absolute atomic E-state index is 5.64. The molecule has 0 unspecified atom stereocenters. The van der Waals surface area contributed by atoms with E-state index in [1.807, 2.05) is 35.2 Å². The summed E-state index contributed by atoms with van der Waals surface area (Å²) in [5.74, 6) is 2.00. The Morgan fingerprint density at radius 1 is 1.35 bits per heavy atom. The summed E-state index contributed by atoms with van der Waals surface area (Å²) in [6.45, 7) is 0.683. The van der Waals surface area contributed by atoms with Gasteiger partial charge >= 0.3 is 0 Å². The zero-order chi connectivity index (χ0) is 15.9. The average Bonchev–Trinajstić information content (AvgIpc) is 3.25. The van der Waals surface area contributed by atoms with Crippen LogP contribution in [0, 0.1) is 0 Å². The minimum atomic E-state index is 0.573. The van der Waals surface area contributed by atoms with Crippen LogP contribution in [0.2, 0.25) is 0 Å². The van der Waals surface area contributed by atoms with Gasteiger partial charge in [-0.3, -0.25) is 4.98 Å². The van der Waals surface area contributed by atoms with Gasteiger partial charge < -0.3 is 9.73 Å². The number of thioether (sulfide) groups is 1. The van der Waals surface area contributed by atoms with E-state index >= 15 is 0 Å². The van der Waals surface area contributed by atoms with Crippen molar-refractivity contribution in [1.82, 2.24) is 20.5 Å². The molecule has 3 aromatic rings. The first kappa shape index (κ1) is 16.1. The summed E-state index contributed by atoms with van der Waals surface area (Å²) in [6.07, 6.45) is 4.27. The summed E-state index contributed by atoms with van der Waals surface area (Å²) in [7, 11) is 0. The lowest BCUT2D eigenvalue weighted by Crippen LogP contribution is -2.18. The maximum Gasteiger partial charge on any atom is 0.248 e. The zero-order valence-corrected chi connectivity index (χ0v) is 14.6. The van der Waals surface area contributed by atoms with Crippen LogP contribution < -0.4 is 5.32 Å². The van der Waals surface area contributed by atoms with Crippen LogP contribution in [0.3, 0.4) is 0 Å². The van der Waals surface area contributed by atoms with Crippen molar-refractivity contribution in [1.29, 1.82) is 0 Å². The van der Waals surface area contributed by atoms with E-state index in [0.29, 0.717) is 24.7 Å². The molecule has 0 saturated carbocycles. The summed E-state index contributed by atoms with van der Waals surface area (Å²) in [4.78, 5) is 4.07. The summed E-state index contributed by atoms with van der Waals surface area (Å²) in [5, 5.41) is 15.3. The Morgan fingerprint density at radius 3 is 3.09 bits per heavy atom. The fourth-order valence-corrected chi connectivity index (χ4v) is 3.40. The SMILES string of the molecule is S=C(NCc1cccnc1)SCCc1nnc(-c2ccsc2)o1. The standard InChI is InChI=1S/C15H14N4OS3/c21-15(17-9-11-2-1-5-16-8-11)23-7-4-13-18-19-14(20-13)12-3-6-22-10-12/h1-3,5-6,8,10H,4,7,9H2,(H,17,21). The van der Waals surface area contributed by atoms with Crippen molar-refractivity contribution in [2.75, 3.05) is 5.75 Å². The van der Waals surface area contributed by atoms with Crippen LogP contribution in [0.5, 0.6) is 0 Å². The predicted molar refractivity (Wildman–Crippen MR) is 97.4 cm³/mol. The minimum Gasteiger partial charge on any atom is -0.421 e. The lowest BCUT2D eigenvalue weighted by Gasteiger charge is -2.06. The van der Waals surface area contributed by atoms with Crippen molar-refractivity contribution in [3.05, 3.63) is 52.8 Å². The van der Waals surface area contributed by atoms with E-state index in [0.717, 1.165) is 21.2 Å². The van der Waals surface area contributed by atoms with E-state index in [1.54, 1.807) is 29.3 Å². The second-order valence-corrected chi connectivity index (χ2v) is 7.17. The van der Waals surface area contributed by atoms with Gasteiger partial charge in [-0.25, -0.2) is 0 Å². The number of thiocarbonyl (C=S) groups is 1. The molecular formula is C15H14N4OS3. The number of hydrogen-bond donors (Lipinski definition) is 1. The Balaban J connectivity index is 1.40. The van der Waals surface area contributed by atoms with E-state index in [9.17, 15) is 0 Å². The van der Waals surface area contributed by atoms with Gasteiger partial charge in [0, 0.05) is 42.1 Å². The van der Waals surface area contributed by atoms with Gasteiger partial charge in [-0.15, -0.1) is 10.2 Å². The van der Waals surface area contributed by atoms with Crippen LogP contribution in [-0.4, -0.2) is 25.3 Å². The van der Waals surface area contributed by atoms with Gasteiger partial charge in [0.1, 0.15) is 4.32 Å². The molecule has 23 heavy (non-hydrogen) atoms. The Hall–Kier alpha value is -1.77. The quantitative estimate of drug-likeness (QED) is 0.673. The molecule has 0 atom stereocenters. The highest BCUT2D eigenvalue weighted by Gasteiger charge is 2.09. The van der Waals surface area contributed by atoms with E-state index in [-0.39, 0.29) is 0 Å². The number of rotatable bonds is 6. The third-order valence-corrected chi connectivity index (χ3v) is 4.94. The van der Waals surface area contributed by atoms with E-state index in [1.165, 1.54) is 0 Å². The van der Waals surface area contributed by atoms with Crippen molar-refractivity contribution >= 4 is 39.6 Å². The summed E-state index contributed by atoms with van der Waals surface area (Å²) < 4.78 is 6.39.